The smallest absolute Gasteiger partial charge is 0.338 e. The van der Waals surface area contributed by atoms with E-state index in [0.29, 0.717) is 5.56 Å². The van der Waals surface area contributed by atoms with Gasteiger partial charge in [-0.15, -0.1) is 0 Å². The van der Waals surface area contributed by atoms with Crippen LogP contribution in [0.4, 0.5) is 4.39 Å². The van der Waals surface area contributed by atoms with E-state index in [-0.39, 0.29) is 29.3 Å². The summed E-state index contributed by atoms with van der Waals surface area (Å²) in [4.78, 5) is 23.3. The first-order chi connectivity index (χ1) is 11.0. The maximum Gasteiger partial charge on any atom is 0.338 e. The van der Waals surface area contributed by atoms with Crippen LogP contribution in [0.15, 0.2) is 42.5 Å². The van der Waals surface area contributed by atoms with Gasteiger partial charge < -0.3 is 14.2 Å². The molecule has 0 atom stereocenters. The van der Waals surface area contributed by atoms with Gasteiger partial charge in [0.2, 0.25) is 0 Å². The molecular formula is C17H15FO5. The molecule has 0 amide bonds. The molecule has 0 radical (unpaired) electrons. The minimum Gasteiger partial charge on any atom is -0.489 e. The largest absolute Gasteiger partial charge is 0.489 e. The Morgan fingerprint density at radius 3 is 2.09 bits per heavy atom. The number of halogens is 1. The molecule has 0 bridgehead atoms. The predicted molar refractivity (Wildman–Crippen MR) is 79.9 cm³/mol. The molecule has 5 nitrogen and oxygen atoms in total. The summed E-state index contributed by atoms with van der Waals surface area (Å²) < 4.78 is 28.0. The van der Waals surface area contributed by atoms with E-state index in [1.54, 1.807) is 12.1 Å². The zero-order valence-corrected chi connectivity index (χ0v) is 12.7. The van der Waals surface area contributed by atoms with E-state index in [9.17, 15) is 14.0 Å². The molecule has 0 N–H and O–H groups in total. The molecule has 0 heterocycles. The van der Waals surface area contributed by atoms with Crippen LogP contribution in [0.2, 0.25) is 0 Å². The van der Waals surface area contributed by atoms with E-state index in [0.717, 1.165) is 0 Å². The molecule has 0 aliphatic rings. The molecule has 0 saturated carbocycles. The zero-order valence-electron chi connectivity index (χ0n) is 12.7. The van der Waals surface area contributed by atoms with Gasteiger partial charge in [0.25, 0.3) is 0 Å². The molecule has 23 heavy (non-hydrogen) atoms. The summed E-state index contributed by atoms with van der Waals surface area (Å²) in [5.74, 6) is -1.31. The second-order valence-electron chi connectivity index (χ2n) is 4.65. The number of methoxy groups -OCH3 is 2. The highest BCUT2D eigenvalue weighted by molar-refractivity contribution is 5.96. The van der Waals surface area contributed by atoms with Gasteiger partial charge in [-0.1, -0.05) is 12.1 Å². The number of benzene rings is 2. The summed E-state index contributed by atoms with van der Waals surface area (Å²) >= 11 is 0. The highest BCUT2D eigenvalue weighted by Gasteiger charge is 2.14. The van der Waals surface area contributed by atoms with Gasteiger partial charge in [-0.25, -0.2) is 14.0 Å². The van der Waals surface area contributed by atoms with Crippen molar-refractivity contribution >= 4 is 11.9 Å². The van der Waals surface area contributed by atoms with E-state index in [1.165, 1.54) is 44.6 Å². The fraction of sp³-hybridized carbons (Fsp3) is 0.176. The van der Waals surface area contributed by atoms with Crippen molar-refractivity contribution in [3.05, 3.63) is 65.0 Å². The lowest BCUT2D eigenvalue weighted by atomic mass is 10.1. The molecule has 0 fully saturated rings. The van der Waals surface area contributed by atoms with Gasteiger partial charge in [-0.2, -0.15) is 0 Å². The third-order valence-electron chi connectivity index (χ3n) is 3.04. The van der Waals surface area contributed by atoms with Gasteiger partial charge in [0, 0.05) is 0 Å². The van der Waals surface area contributed by atoms with Crippen LogP contribution >= 0.6 is 0 Å². The van der Waals surface area contributed by atoms with Crippen molar-refractivity contribution in [2.24, 2.45) is 0 Å². The van der Waals surface area contributed by atoms with Crippen LogP contribution in [0.3, 0.4) is 0 Å². The van der Waals surface area contributed by atoms with Crippen LogP contribution in [0, 0.1) is 5.82 Å². The Morgan fingerprint density at radius 2 is 1.57 bits per heavy atom. The number of carbonyl (C=O) groups excluding carboxylic acids is 2. The van der Waals surface area contributed by atoms with Crippen molar-refractivity contribution in [2.45, 2.75) is 6.61 Å². The van der Waals surface area contributed by atoms with E-state index in [2.05, 4.69) is 9.47 Å². The van der Waals surface area contributed by atoms with Crippen LogP contribution in [-0.4, -0.2) is 26.2 Å². The lowest BCUT2D eigenvalue weighted by Crippen LogP contribution is -2.07. The molecule has 0 saturated heterocycles. The third-order valence-corrected chi connectivity index (χ3v) is 3.04. The normalized spacial score (nSPS) is 10.0. The van der Waals surface area contributed by atoms with E-state index in [4.69, 9.17) is 4.74 Å². The zero-order chi connectivity index (χ0) is 16.8. The van der Waals surface area contributed by atoms with Gasteiger partial charge in [0.05, 0.1) is 25.3 Å². The number of rotatable bonds is 5. The van der Waals surface area contributed by atoms with Crippen molar-refractivity contribution in [3.8, 4) is 5.75 Å². The molecule has 6 heteroatoms. The molecule has 2 rings (SSSR count). The minimum atomic E-state index is -0.605. The Labute approximate surface area is 132 Å². The lowest BCUT2D eigenvalue weighted by Gasteiger charge is -2.10. The highest BCUT2D eigenvalue weighted by Crippen LogP contribution is 2.20. The number of ether oxygens (including phenoxy) is 3. The standard InChI is InChI=1S/C17H15FO5/c1-21-16(19)12-7-13(17(20)22-2)9-15(8-12)23-10-11-4-3-5-14(18)6-11/h3-9H,10H2,1-2H3. The third kappa shape index (κ3) is 4.29. The Morgan fingerprint density at radius 1 is 0.957 bits per heavy atom. The topological polar surface area (TPSA) is 61.8 Å². The van der Waals surface area contributed by atoms with Crippen molar-refractivity contribution in [1.82, 2.24) is 0 Å². The van der Waals surface area contributed by atoms with Gasteiger partial charge in [-0.3, -0.25) is 0 Å². The van der Waals surface area contributed by atoms with E-state index < -0.39 is 11.9 Å². The predicted octanol–water partition coefficient (Wildman–Crippen LogP) is 2.98. The van der Waals surface area contributed by atoms with Crippen LogP contribution < -0.4 is 4.74 Å². The first-order valence-corrected chi connectivity index (χ1v) is 6.72. The van der Waals surface area contributed by atoms with Gasteiger partial charge >= 0.3 is 11.9 Å². The van der Waals surface area contributed by atoms with Crippen LogP contribution in [0.5, 0.6) is 5.75 Å². The van der Waals surface area contributed by atoms with Crippen LogP contribution in [0.1, 0.15) is 26.3 Å². The average Bonchev–Trinajstić information content (AvgIpc) is 2.58. The van der Waals surface area contributed by atoms with Gasteiger partial charge in [-0.05, 0) is 35.9 Å². The van der Waals surface area contributed by atoms with Crippen molar-refractivity contribution < 1.29 is 28.2 Å². The Bertz CT molecular complexity index is 692. The maximum atomic E-state index is 13.1. The molecule has 0 aliphatic heterocycles. The van der Waals surface area contributed by atoms with Crippen molar-refractivity contribution in [1.29, 1.82) is 0 Å². The Balaban J connectivity index is 2.26. The highest BCUT2D eigenvalue weighted by atomic mass is 19.1. The molecule has 0 aliphatic carbocycles. The second kappa shape index (κ2) is 7.40. The number of carbonyl (C=O) groups is 2. The minimum absolute atomic E-state index is 0.0863. The summed E-state index contributed by atoms with van der Waals surface area (Å²) in [5.41, 5.74) is 0.933. The van der Waals surface area contributed by atoms with E-state index >= 15 is 0 Å². The van der Waals surface area contributed by atoms with Crippen molar-refractivity contribution in [3.63, 3.8) is 0 Å². The summed E-state index contributed by atoms with van der Waals surface area (Å²) in [6, 6.07) is 10.2. The summed E-state index contributed by atoms with van der Waals surface area (Å²) in [7, 11) is 2.47. The average molecular weight is 318 g/mol. The summed E-state index contributed by atoms with van der Waals surface area (Å²) in [6.07, 6.45) is 0. The fourth-order valence-electron chi connectivity index (χ4n) is 1.95. The number of hydrogen-bond donors (Lipinski definition) is 0. The first kappa shape index (κ1) is 16.5. The van der Waals surface area contributed by atoms with Gasteiger partial charge in [0.15, 0.2) is 0 Å². The van der Waals surface area contributed by atoms with Crippen molar-refractivity contribution in [2.75, 3.05) is 14.2 Å². The summed E-state index contributed by atoms with van der Waals surface area (Å²) in [6.45, 7) is 0.0863. The molecular weight excluding hydrogens is 303 g/mol. The molecule has 120 valence electrons. The molecule has 0 spiro atoms. The number of hydrogen-bond acceptors (Lipinski definition) is 5. The van der Waals surface area contributed by atoms with Gasteiger partial charge in [0.1, 0.15) is 18.2 Å². The fourth-order valence-corrected chi connectivity index (χ4v) is 1.95. The Hall–Kier alpha value is -2.89. The SMILES string of the molecule is COC(=O)c1cc(OCc2cccc(F)c2)cc(C(=O)OC)c1. The maximum absolute atomic E-state index is 13.1. The Kier molecular flexibility index (Phi) is 5.30. The molecule has 2 aromatic carbocycles. The molecule has 0 aromatic heterocycles. The quantitative estimate of drug-likeness (QED) is 0.793. The lowest BCUT2D eigenvalue weighted by molar-refractivity contribution is 0.0598. The first-order valence-electron chi connectivity index (χ1n) is 6.72. The second-order valence-corrected chi connectivity index (χ2v) is 4.65. The van der Waals surface area contributed by atoms with Crippen LogP contribution in [-0.2, 0) is 16.1 Å². The van der Waals surface area contributed by atoms with E-state index in [1.807, 2.05) is 0 Å². The molecule has 0 unspecified atom stereocenters. The number of esters is 2. The summed E-state index contributed by atoms with van der Waals surface area (Å²) in [5, 5.41) is 0. The monoisotopic (exact) mass is 318 g/mol. The molecule has 2 aromatic rings. The van der Waals surface area contributed by atoms with Crippen LogP contribution in [0.25, 0.3) is 0 Å².